The highest BCUT2D eigenvalue weighted by Crippen LogP contribution is 2.36. The summed E-state index contributed by atoms with van der Waals surface area (Å²) in [6.45, 7) is 2.06. The number of benzene rings is 1. The van der Waals surface area contributed by atoms with Gasteiger partial charge in [0.1, 0.15) is 11.6 Å². The van der Waals surface area contributed by atoms with Gasteiger partial charge in [0.25, 0.3) is 0 Å². The smallest absolute Gasteiger partial charge is 0.390 e. The molecule has 0 heterocycles. The van der Waals surface area contributed by atoms with Gasteiger partial charge >= 0.3 is 6.18 Å². The Kier molecular flexibility index (Phi) is 5.61. The Hall–Kier alpha value is -0.820. The van der Waals surface area contributed by atoms with Crippen molar-refractivity contribution in [2.24, 2.45) is 0 Å². The Morgan fingerprint density at radius 2 is 2.00 bits per heavy atom. The van der Waals surface area contributed by atoms with E-state index in [0.29, 0.717) is 6.54 Å². The lowest BCUT2D eigenvalue weighted by atomic mass is 10.0. The second-order valence-electron chi connectivity index (χ2n) is 3.94. The summed E-state index contributed by atoms with van der Waals surface area (Å²) in [5.74, 6) is -0.487. The summed E-state index contributed by atoms with van der Waals surface area (Å²) < 4.78 is 56.1. The lowest BCUT2D eigenvalue weighted by molar-refractivity contribution is -0.140. The van der Waals surface area contributed by atoms with E-state index in [1.807, 2.05) is 0 Å². The fourth-order valence-electron chi connectivity index (χ4n) is 1.76. The third kappa shape index (κ3) is 4.65. The van der Waals surface area contributed by atoms with Crippen molar-refractivity contribution in [2.45, 2.75) is 25.6 Å². The molecule has 1 unspecified atom stereocenters. The molecule has 0 aliphatic heterocycles. The number of hydrogen-bond donors (Lipinski definition) is 1. The summed E-state index contributed by atoms with van der Waals surface area (Å²) in [6, 6.07) is 1.41. The molecule has 0 bridgehead atoms. The summed E-state index contributed by atoms with van der Waals surface area (Å²) in [5.41, 5.74) is 0.273. The normalized spacial score (nSPS) is 13.4. The number of halogens is 5. The lowest BCUT2D eigenvalue weighted by Gasteiger charge is -2.22. The maximum atomic E-state index is 13.4. The zero-order valence-electron chi connectivity index (χ0n) is 10.4. The van der Waals surface area contributed by atoms with E-state index in [2.05, 4.69) is 21.2 Å². The summed E-state index contributed by atoms with van der Waals surface area (Å²) >= 11 is 2.97. The summed E-state index contributed by atoms with van der Waals surface area (Å²) in [6.07, 6.45) is -5.37. The van der Waals surface area contributed by atoms with Crippen LogP contribution in [0.4, 0.5) is 17.6 Å². The Morgan fingerprint density at radius 1 is 1.37 bits per heavy atom. The van der Waals surface area contributed by atoms with Crippen LogP contribution in [0.25, 0.3) is 0 Å². The molecule has 0 aromatic heterocycles. The molecule has 7 heteroatoms. The van der Waals surface area contributed by atoms with Gasteiger partial charge in [-0.25, -0.2) is 4.39 Å². The van der Waals surface area contributed by atoms with Gasteiger partial charge in [-0.3, -0.25) is 0 Å². The van der Waals surface area contributed by atoms with Gasteiger partial charge in [0, 0.05) is 17.7 Å². The van der Waals surface area contributed by atoms with Crippen LogP contribution in [0.5, 0.6) is 5.75 Å². The van der Waals surface area contributed by atoms with Crippen LogP contribution in [0.3, 0.4) is 0 Å². The number of alkyl halides is 3. The molecule has 0 radical (unpaired) electrons. The first-order valence-corrected chi connectivity index (χ1v) is 6.40. The van der Waals surface area contributed by atoms with Gasteiger partial charge in [0.05, 0.1) is 18.0 Å². The van der Waals surface area contributed by atoms with Crippen LogP contribution in [0.15, 0.2) is 16.6 Å². The average Bonchev–Trinajstić information content (AvgIpc) is 2.30. The van der Waals surface area contributed by atoms with Gasteiger partial charge in [-0.2, -0.15) is 13.2 Å². The fourth-order valence-corrected chi connectivity index (χ4v) is 2.12. The molecule has 1 rings (SSSR count). The van der Waals surface area contributed by atoms with Crippen molar-refractivity contribution in [2.75, 3.05) is 13.7 Å². The number of ether oxygens (including phenoxy) is 1. The lowest BCUT2D eigenvalue weighted by Crippen LogP contribution is -2.27. The monoisotopic (exact) mass is 343 g/mol. The second-order valence-corrected chi connectivity index (χ2v) is 4.79. The molecule has 0 fully saturated rings. The molecule has 0 aliphatic carbocycles. The molecule has 2 nitrogen and oxygen atoms in total. The molecule has 1 N–H and O–H groups in total. The van der Waals surface area contributed by atoms with E-state index < -0.39 is 24.5 Å². The first kappa shape index (κ1) is 16.2. The highest BCUT2D eigenvalue weighted by atomic mass is 79.9. The topological polar surface area (TPSA) is 21.3 Å². The van der Waals surface area contributed by atoms with E-state index >= 15 is 0 Å². The molecule has 0 spiro atoms. The maximum absolute atomic E-state index is 13.4. The first-order chi connectivity index (χ1) is 8.78. The minimum absolute atomic E-state index is 0.0934. The third-order valence-corrected chi connectivity index (χ3v) is 3.14. The summed E-state index contributed by atoms with van der Waals surface area (Å²) in [4.78, 5) is 0. The predicted molar refractivity (Wildman–Crippen MR) is 67.7 cm³/mol. The molecule has 0 saturated carbocycles. The highest BCUT2D eigenvalue weighted by Gasteiger charge is 2.33. The molecule has 1 aromatic carbocycles. The Balaban J connectivity index is 3.17. The third-order valence-electron chi connectivity index (χ3n) is 2.53. The quantitative estimate of drug-likeness (QED) is 0.809. The van der Waals surface area contributed by atoms with Crippen molar-refractivity contribution < 1.29 is 22.3 Å². The number of methoxy groups -OCH3 is 1. The molecular formula is C12H14BrF4NO. The van der Waals surface area contributed by atoms with Crippen LogP contribution in [0, 0.1) is 5.82 Å². The molecule has 1 aromatic rings. The highest BCUT2D eigenvalue weighted by molar-refractivity contribution is 9.10. The van der Waals surface area contributed by atoms with E-state index in [4.69, 9.17) is 4.74 Å². The molecule has 19 heavy (non-hydrogen) atoms. The molecular weight excluding hydrogens is 330 g/mol. The van der Waals surface area contributed by atoms with Crippen molar-refractivity contribution in [1.29, 1.82) is 0 Å². The predicted octanol–water partition coefficient (Wildman–Crippen LogP) is 4.20. The van der Waals surface area contributed by atoms with Crippen LogP contribution < -0.4 is 10.1 Å². The van der Waals surface area contributed by atoms with E-state index in [0.717, 1.165) is 6.07 Å². The van der Waals surface area contributed by atoms with Crippen molar-refractivity contribution in [3.8, 4) is 5.75 Å². The molecule has 0 amide bonds. The van der Waals surface area contributed by atoms with Gasteiger partial charge in [0.2, 0.25) is 0 Å². The van der Waals surface area contributed by atoms with Crippen LogP contribution in [0.1, 0.15) is 24.9 Å². The van der Waals surface area contributed by atoms with Crippen LogP contribution in [0.2, 0.25) is 0 Å². The van der Waals surface area contributed by atoms with Gasteiger partial charge in [-0.15, -0.1) is 0 Å². The molecule has 1 atom stereocenters. The number of rotatable bonds is 5. The van der Waals surface area contributed by atoms with E-state index in [9.17, 15) is 17.6 Å². The van der Waals surface area contributed by atoms with Gasteiger partial charge in [0.15, 0.2) is 0 Å². The van der Waals surface area contributed by atoms with Gasteiger partial charge < -0.3 is 10.1 Å². The Morgan fingerprint density at radius 3 is 2.47 bits per heavy atom. The van der Waals surface area contributed by atoms with E-state index in [-0.39, 0.29) is 15.8 Å². The van der Waals surface area contributed by atoms with Crippen molar-refractivity contribution in [3.63, 3.8) is 0 Å². The molecule has 0 saturated heterocycles. The molecule has 0 aliphatic rings. The van der Waals surface area contributed by atoms with Crippen LogP contribution >= 0.6 is 15.9 Å². The second kappa shape index (κ2) is 6.56. The van der Waals surface area contributed by atoms with E-state index in [1.165, 1.54) is 13.2 Å². The number of nitrogens with one attached hydrogen (secondary N) is 1. The summed E-state index contributed by atoms with van der Waals surface area (Å²) in [7, 11) is 1.29. The van der Waals surface area contributed by atoms with Crippen LogP contribution in [-0.2, 0) is 0 Å². The zero-order chi connectivity index (χ0) is 14.6. The molecule has 108 valence electrons. The maximum Gasteiger partial charge on any atom is 0.390 e. The largest absolute Gasteiger partial charge is 0.496 e. The number of hydrogen-bond acceptors (Lipinski definition) is 2. The first-order valence-electron chi connectivity index (χ1n) is 5.61. The van der Waals surface area contributed by atoms with Crippen LogP contribution in [-0.4, -0.2) is 19.8 Å². The SMILES string of the molecule is CCNC(CC(F)(F)F)c1cc(Br)c(F)cc1OC. The Labute approximate surface area is 117 Å². The standard InChI is InChI=1S/C12H14BrF4NO/c1-3-18-10(6-12(15,16)17)7-4-8(13)9(14)5-11(7)19-2/h4-5,10,18H,3,6H2,1-2H3. The van der Waals surface area contributed by atoms with Crippen molar-refractivity contribution in [1.82, 2.24) is 5.32 Å². The fraction of sp³-hybridized carbons (Fsp3) is 0.500. The van der Waals surface area contributed by atoms with Gasteiger partial charge in [-0.1, -0.05) is 6.92 Å². The zero-order valence-corrected chi connectivity index (χ0v) is 12.0. The summed E-state index contributed by atoms with van der Waals surface area (Å²) in [5, 5.41) is 2.73. The minimum Gasteiger partial charge on any atom is -0.496 e. The van der Waals surface area contributed by atoms with Crippen molar-refractivity contribution in [3.05, 3.63) is 28.0 Å². The van der Waals surface area contributed by atoms with Gasteiger partial charge in [-0.05, 0) is 28.5 Å². The van der Waals surface area contributed by atoms with Crippen molar-refractivity contribution >= 4 is 15.9 Å². The minimum atomic E-state index is -4.32. The average molecular weight is 344 g/mol. The van der Waals surface area contributed by atoms with E-state index in [1.54, 1.807) is 6.92 Å². The Bertz CT molecular complexity index is 436.